The first-order valence-corrected chi connectivity index (χ1v) is 16.2. The maximum absolute atomic E-state index is 14.2. The molecule has 0 aliphatic carbocycles. The van der Waals surface area contributed by atoms with Crippen molar-refractivity contribution in [3.8, 4) is 16.9 Å². The van der Waals surface area contributed by atoms with Crippen LogP contribution in [-0.2, 0) is 32.3 Å². The highest BCUT2D eigenvalue weighted by molar-refractivity contribution is 6.00. The molecular weight excluding hydrogens is 610 g/mol. The van der Waals surface area contributed by atoms with Gasteiger partial charge in [0, 0.05) is 28.7 Å². The molecule has 49 heavy (non-hydrogen) atoms. The van der Waals surface area contributed by atoms with Crippen LogP contribution >= 0.6 is 0 Å². The lowest BCUT2D eigenvalue weighted by Crippen LogP contribution is -2.32. The molecule has 5 aromatic carbocycles. The van der Waals surface area contributed by atoms with Gasteiger partial charge in [-0.2, -0.15) is 5.10 Å². The van der Waals surface area contributed by atoms with Crippen LogP contribution in [0.2, 0.25) is 0 Å². The van der Waals surface area contributed by atoms with E-state index in [2.05, 4.69) is 29.6 Å². The van der Waals surface area contributed by atoms with E-state index >= 15 is 0 Å². The molecule has 0 fully saturated rings. The van der Waals surface area contributed by atoms with Crippen molar-refractivity contribution in [2.75, 3.05) is 0 Å². The van der Waals surface area contributed by atoms with Crippen molar-refractivity contribution >= 4 is 22.7 Å². The van der Waals surface area contributed by atoms with Crippen molar-refractivity contribution in [1.82, 2.24) is 15.1 Å². The van der Waals surface area contributed by atoms with Gasteiger partial charge in [0.1, 0.15) is 13.2 Å². The Balaban J connectivity index is 1.38. The van der Waals surface area contributed by atoms with Crippen LogP contribution < -0.4 is 5.32 Å². The van der Waals surface area contributed by atoms with Gasteiger partial charge in [-0.05, 0) is 53.9 Å². The quantitative estimate of drug-likeness (QED) is 0.159. The van der Waals surface area contributed by atoms with Gasteiger partial charge in [0.2, 0.25) is 0 Å². The maximum Gasteiger partial charge on any atom is 0.337 e. The lowest BCUT2D eigenvalue weighted by atomic mass is 9.79. The minimum atomic E-state index is -0.841. The van der Waals surface area contributed by atoms with E-state index in [1.54, 1.807) is 4.68 Å². The summed E-state index contributed by atoms with van der Waals surface area (Å²) >= 11 is 0. The van der Waals surface area contributed by atoms with Crippen molar-refractivity contribution in [2.45, 2.75) is 33.0 Å². The van der Waals surface area contributed by atoms with Crippen molar-refractivity contribution in [3.63, 3.8) is 0 Å². The van der Waals surface area contributed by atoms with Crippen LogP contribution in [0.25, 0.3) is 27.7 Å². The summed E-state index contributed by atoms with van der Waals surface area (Å²) in [5.74, 6) is -1.90. The number of rotatable bonds is 9. The van der Waals surface area contributed by atoms with Crippen molar-refractivity contribution in [3.05, 3.63) is 179 Å². The molecule has 7 rings (SSSR count). The number of carbonyl (C=O) groups excluding carboxylic acids is 2. The summed E-state index contributed by atoms with van der Waals surface area (Å²) in [7, 11) is 0. The molecule has 1 aliphatic rings. The summed E-state index contributed by atoms with van der Waals surface area (Å²) in [6, 6.07) is 43.2. The normalized spacial score (nSPS) is 13.3. The van der Waals surface area contributed by atoms with Gasteiger partial charge in [-0.3, -0.25) is 0 Å². The highest BCUT2D eigenvalue weighted by atomic mass is 16.5. The van der Waals surface area contributed by atoms with E-state index in [1.165, 1.54) is 0 Å². The second kappa shape index (κ2) is 13.9. The number of carbonyl (C=O) groups is 2. The average molecular weight is 646 g/mol. The van der Waals surface area contributed by atoms with Crippen LogP contribution in [0, 0.1) is 0 Å². The Bertz CT molecular complexity index is 2130. The Kier molecular flexibility index (Phi) is 8.89. The van der Waals surface area contributed by atoms with E-state index in [0.717, 1.165) is 33.2 Å². The minimum Gasteiger partial charge on any atom is -0.457 e. The molecule has 2 heterocycles. The van der Waals surface area contributed by atoms with Crippen LogP contribution in [0.1, 0.15) is 36.5 Å². The molecule has 0 amide bonds. The molecule has 1 N–H and O–H groups in total. The standard InChI is InChI=1S/C42H35N3O4/c1-28-37(41(46)48-26-30-14-6-3-7-15-30)39(38(29(2)43-28)42(47)49-27-31-16-8-4-9-17-31)36-25-45(35-20-10-5-11-21-35)44-40(36)34-23-22-32-18-12-13-19-33(32)24-34/h3-25,39,43H,26-27H2,1-2H3. The summed E-state index contributed by atoms with van der Waals surface area (Å²) < 4.78 is 13.7. The van der Waals surface area contributed by atoms with E-state index in [9.17, 15) is 9.59 Å². The Labute approximate surface area is 285 Å². The fourth-order valence-corrected chi connectivity index (χ4v) is 6.32. The molecule has 0 radical (unpaired) electrons. The molecule has 0 bridgehead atoms. The predicted octanol–water partition coefficient (Wildman–Crippen LogP) is 8.41. The van der Waals surface area contributed by atoms with E-state index in [4.69, 9.17) is 14.6 Å². The third-order valence-corrected chi connectivity index (χ3v) is 8.72. The van der Waals surface area contributed by atoms with E-state index in [1.807, 2.05) is 129 Å². The maximum atomic E-state index is 14.2. The number of nitrogens with one attached hydrogen (secondary N) is 1. The van der Waals surface area contributed by atoms with Crippen LogP contribution in [0.4, 0.5) is 0 Å². The summed E-state index contributed by atoms with van der Waals surface area (Å²) in [5, 5.41) is 10.5. The summed E-state index contributed by atoms with van der Waals surface area (Å²) in [6.07, 6.45) is 1.91. The number of para-hydroxylation sites is 1. The summed E-state index contributed by atoms with van der Waals surface area (Å²) in [5.41, 5.74) is 6.56. The number of hydrogen-bond acceptors (Lipinski definition) is 6. The van der Waals surface area contributed by atoms with Crippen molar-refractivity contribution in [1.29, 1.82) is 0 Å². The Morgan fingerprint density at radius 3 is 1.73 bits per heavy atom. The lowest BCUT2D eigenvalue weighted by molar-refractivity contribution is -0.141. The highest BCUT2D eigenvalue weighted by Crippen LogP contribution is 2.43. The number of nitrogens with zero attached hydrogens (tertiary/aromatic N) is 2. The van der Waals surface area contributed by atoms with E-state index < -0.39 is 17.9 Å². The van der Waals surface area contributed by atoms with Gasteiger partial charge in [-0.25, -0.2) is 14.3 Å². The first-order chi connectivity index (χ1) is 24.0. The number of dihydropyridines is 1. The molecule has 6 aromatic rings. The SMILES string of the molecule is CC1=C(C(=O)OCc2ccccc2)C(c2cn(-c3ccccc3)nc2-c2ccc3ccccc3c2)C(C(=O)OCc2ccccc2)=C(C)N1. The molecule has 0 atom stereocenters. The van der Waals surface area contributed by atoms with Gasteiger partial charge in [0.25, 0.3) is 0 Å². The largest absolute Gasteiger partial charge is 0.457 e. The number of allylic oxidation sites excluding steroid dienone is 2. The first-order valence-electron chi connectivity index (χ1n) is 16.2. The zero-order valence-electron chi connectivity index (χ0n) is 27.3. The van der Waals surface area contributed by atoms with Crippen LogP contribution in [0.3, 0.4) is 0 Å². The van der Waals surface area contributed by atoms with Gasteiger partial charge in [-0.15, -0.1) is 0 Å². The van der Waals surface area contributed by atoms with Crippen molar-refractivity contribution in [2.24, 2.45) is 0 Å². The molecule has 7 nitrogen and oxygen atoms in total. The van der Waals surface area contributed by atoms with Crippen molar-refractivity contribution < 1.29 is 19.1 Å². The second-order valence-electron chi connectivity index (χ2n) is 12.0. The fourth-order valence-electron chi connectivity index (χ4n) is 6.32. The number of aromatic nitrogens is 2. The number of esters is 2. The Hall–Kier alpha value is -6.21. The average Bonchev–Trinajstić information content (AvgIpc) is 3.59. The molecule has 1 aliphatic heterocycles. The third kappa shape index (κ3) is 6.64. The highest BCUT2D eigenvalue weighted by Gasteiger charge is 2.40. The number of hydrogen-bond donors (Lipinski definition) is 1. The van der Waals surface area contributed by atoms with Gasteiger partial charge in [0.15, 0.2) is 0 Å². The number of ether oxygens (including phenoxy) is 2. The zero-order valence-corrected chi connectivity index (χ0v) is 27.3. The Morgan fingerprint density at radius 2 is 1.16 bits per heavy atom. The van der Waals surface area contributed by atoms with Gasteiger partial charge >= 0.3 is 11.9 Å². The predicted molar refractivity (Wildman–Crippen MR) is 190 cm³/mol. The molecule has 0 unspecified atom stereocenters. The van der Waals surface area contributed by atoms with Gasteiger partial charge in [-0.1, -0.05) is 115 Å². The molecule has 0 saturated carbocycles. The first kappa shape index (κ1) is 31.4. The molecule has 0 spiro atoms. The summed E-state index contributed by atoms with van der Waals surface area (Å²) in [4.78, 5) is 28.4. The Morgan fingerprint density at radius 1 is 0.653 bits per heavy atom. The van der Waals surface area contributed by atoms with Crippen LogP contribution in [0.5, 0.6) is 0 Å². The molecular formula is C42H35N3O4. The zero-order chi connectivity index (χ0) is 33.7. The molecule has 1 aromatic heterocycles. The van der Waals surface area contributed by atoms with Crippen LogP contribution in [0.15, 0.2) is 162 Å². The van der Waals surface area contributed by atoms with E-state index in [-0.39, 0.29) is 13.2 Å². The minimum absolute atomic E-state index is 0.0838. The molecule has 242 valence electrons. The number of benzene rings is 5. The molecule has 0 saturated heterocycles. The monoisotopic (exact) mass is 645 g/mol. The topological polar surface area (TPSA) is 82.5 Å². The van der Waals surface area contributed by atoms with E-state index in [0.29, 0.717) is 33.8 Å². The van der Waals surface area contributed by atoms with Gasteiger partial charge < -0.3 is 14.8 Å². The lowest BCUT2D eigenvalue weighted by Gasteiger charge is -2.30. The number of fused-ring (bicyclic) bond motifs is 1. The summed E-state index contributed by atoms with van der Waals surface area (Å²) in [6.45, 7) is 3.83. The molecule has 7 heteroatoms. The van der Waals surface area contributed by atoms with Gasteiger partial charge in [0.05, 0.1) is 28.4 Å². The van der Waals surface area contributed by atoms with Crippen LogP contribution in [-0.4, -0.2) is 21.7 Å². The fraction of sp³-hybridized carbons (Fsp3) is 0.119. The second-order valence-corrected chi connectivity index (χ2v) is 12.0. The smallest absolute Gasteiger partial charge is 0.337 e. The third-order valence-electron chi connectivity index (χ3n) is 8.72.